The molecular weight excluding hydrogens is 322 g/mol. The number of benzene rings is 1. The molecule has 0 saturated heterocycles. The minimum atomic E-state index is -0.614. The Morgan fingerprint density at radius 1 is 1.12 bits per heavy atom. The molecule has 1 rings (SSSR count). The molecule has 0 fully saturated rings. The van der Waals surface area contributed by atoms with E-state index in [9.17, 15) is 9.59 Å². The topological polar surface area (TPSA) is 103 Å². The Morgan fingerprint density at radius 3 is 2.32 bits per heavy atom. The molecule has 7 heteroatoms. The van der Waals surface area contributed by atoms with Gasteiger partial charge in [-0.15, -0.1) is 0 Å². The monoisotopic (exact) mass is 351 g/mol. The quantitative estimate of drug-likeness (QED) is 0.612. The van der Waals surface area contributed by atoms with Crippen LogP contribution < -0.4 is 25.8 Å². The van der Waals surface area contributed by atoms with Crippen LogP contribution in [-0.4, -0.2) is 44.7 Å². The largest absolute Gasteiger partial charge is 0.493 e. The first kappa shape index (κ1) is 20.8. The van der Waals surface area contributed by atoms with Crippen LogP contribution in [0.3, 0.4) is 0 Å². The number of hydrogen-bond acceptors (Lipinski definition) is 5. The Bertz CT molecular complexity index is 590. The van der Waals surface area contributed by atoms with Gasteiger partial charge in [0, 0.05) is 6.04 Å². The van der Waals surface area contributed by atoms with Gasteiger partial charge in [-0.25, -0.2) is 0 Å². The fraction of sp³-hybridized carbons (Fsp3) is 0.556. The summed E-state index contributed by atoms with van der Waals surface area (Å²) in [5.74, 6) is 0.752. The molecule has 0 aliphatic heterocycles. The van der Waals surface area contributed by atoms with E-state index >= 15 is 0 Å². The first-order valence-corrected chi connectivity index (χ1v) is 8.32. The summed E-state index contributed by atoms with van der Waals surface area (Å²) in [6.45, 7) is 5.52. The summed E-state index contributed by atoms with van der Waals surface area (Å²) in [4.78, 5) is 23.7. The Labute approximate surface area is 149 Å². The summed E-state index contributed by atoms with van der Waals surface area (Å²) in [6, 6.07) is 4.92. The van der Waals surface area contributed by atoms with Gasteiger partial charge in [0.25, 0.3) is 0 Å². The van der Waals surface area contributed by atoms with Gasteiger partial charge in [-0.1, -0.05) is 19.9 Å². The Hall–Kier alpha value is -2.28. The SMILES string of the molecule is COc1ccc(CC(C)NC(=O)CNC(=O)[C@@H](N)C(C)C)cc1OC. The minimum absolute atomic E-state index is 0.0204. The molecule has 7 nitrogen and oxygen atoms in total. The molecule has 2 atom stereocenters. The maximum atomic E-state index is 12.0. The van der Waals surface area contributed by atoms with Crippen molar-refractivity contribution in [3.63, 3.8) is 0 Å². The van der Waals surface area contributed by atoms with E-state index in [0.717, 1.165) is 5.56 Å². The van der Waals surface area contributed by atoms with Gasteiger partial charge in [0.15, 0.2) is 11.5 Å². The predicted octanol–water partition coefficient (Wildman–Crippen LogP) is 0.851. The molecule has 0 spiro atoms. The molecule has 0 aromatic heterocycles. The lowest BCUT2D eigenvalue weighted by Crippen LogP contribution is -2.48. The third-order valence-electron chi connectivity index (χ3n) is 3.84. The van der Waals surface area contributed by atoms with Crippen LogP contribution in [0.25, 0.3) is 0 Å². The number of nitrogens with two attached hydrogens (primary N) is 1. The van der Waals surface area contributed by atoms with Gasteiger partial charge >= 0.3 is 0 Å². The van der Waals surface area contributed by atoms with Crippen molar-refractivity contribution in [2.75, 3.05) is 20.8 Å². The van der Waals surface area contributed by atoms with Crippen LogP contribution in [0.1, 0.15) is 26.3 Å². The first-order chi connectivity index (χ1) is 11.8. The first-order valence-electron chi connectivity index (χ1n) is 8.32. The van der Waals surface area contributed by atoms with Crippen molar-refractivity contribution in [1.29, 1.82) is 0 Å². The normalized spacial score (nSPS) is 13.1. The molecule has 0 heterocycles. The predicted molar refractivity (Wildman–Crippen MR) is 96.7 cm³/mol. The zero-order valence-corrected chi connectivity index (χ0v) is 15.6. The van der Waals surface area contributed by atoms with E-state index in [4.69, 9.17) is 15.2 Å². The molecule has 4 N–H and O–H groups in total. The maximum Gasteiger partial charge on any atom is 0.239 e. The summed E-state index contributed by atoms with van der Waals surface area (Å²) in [5, 5.41) is 5.40. The van der Waals surface area contributed by atoms with Gasteiger partial charge in [0.2, 0.25) is 11.8 Å². The Morgan fingerprint density at radius 2 is 1.76 bits per heavy atom. The van der Waals surface area contributed by atoms with Crippen molar-refractivity contribution in [2.45, 2.75) is 39.3 Å². The number of amides is 2. The van der Waals surface area contributed by atoms with Gasteiger partial charge in [0.1, 0.15) is 0 Å². The lowest BCUT2D eigenvalue weighted by molar-refractivity contribution is -0.127. The van der Waals surface area contributed by atoms with Crippen molar-refractivity contribution in [1.82, 2.24) is 10.6 Å². The standard InChI is InChI=1S/C18H29N3O4/c1-11(2)17(19)18(23)20-10-16(22)21-12(3)8-13-6-7-14(24-4)15(9-13)25-5/h6-7,9,11-12,17H,8,10,19H2,1-5H3,(H,20,23)(H,21,22)/t12?,17-/m0/s1. The summed E-state index contributed by atoms with van der Waals surface area (Å²) in [5.41, 5.74) is 6.75. The van der Waals surface area contributed by atoms with E-state index in [-0.39, 0.29) is 30.3 Å². The Balaban J connectivity index is 2.49. The molecule has 2 amide bonds. The van der Waals surface area contributed by atoms with Gasteiger partial charge < -0.3 is 25.8 Å². The average Bonchev–Trinajstić information content (AvgIpc) is 2.58. The number of ether oxygens (including phenoxy) is 2. The molecule has 0 aliphatic rings. The van der Waals surface area contributed by atoms with Crippen molar-refractivity contribution in [3.05, 3.63) is 23.8 Å². The van der Waals surface area contributed by atoms with E-state index < -0.39 is 6.04 Å². The number of rotatable bonds is 9. The number of methoxy groups -OCH3 is 2. The molecule has 1 aromatic carbocycles. The second-order valence-electron chi connectivity index (χ2n) is 6.35. The molecule has 1 aromatic rings. The van der Waals surface area contributed by atoms with Crippen LogP contribution in [0.15, 0.2) is 18.2 Å². The smallest absolute Gasteiger partial charge is 0.239 e. The fourth-order valence-electron chi connectivity index (χ4n) is 2.33. The third kappa shape index (κ3) is 6.62. The van der Waals surface area contributed by atoms with E-state index in [2.05, 4.69) is 10.6 Å². The second kappa shape index (κ2) is 9.88. The second-order valence-corrected chi connectivity index (χ2v) is 6.35. The van der Waals surface area contributed by atoms with Crippen LogP contribution in [0.4, 0.5) is 0 Å². The zero-order valence-electron chi connectivity index (χ0n) is 15.6. The van der Waals surface area contributed by atoms with E-state index in [1.54, 1.807) is 14.2 Å². The molecule has 0 aliphatic carbocycles. The molecule has 0 bridgehead atoms. The highest BCUT2D eigenvalue weighted by Gasteiger charge is 2.18. The van der Waals surface area contributed by atoms with Gasteiger partial charge in [0.05, 0.1) is 26.8 Å². The summed E-state index contributed by atoms with van der Waals surface area (Å²) >= 11 is 0. The highest BCUT2D eigenvalue weighted by atomic mass is 16.5. The van der Waals surface area contributed by atoms with Crippen LogP contribution in [0.2, 0.25) is 0 Å². The maximum absolute atomic E-state index is 12.0. The van der Waals surface area contributed by atoms with Crippen LogP contribution in [0, 0.1) is 5.92 Å². The average molecular weight is 351 g/mol. The number of nitrogens with one attached hydrogen (secondary N) is 2. The van der Waals surface area contributed by atoms with Crippen LogP contribution in [-0.2, 0) is 16.0 Å². The molecule has 25 heavy (non-hydrogen) atoms. The summed E-state index contributed by atoms with van der Waals surface area (Å²) in [6.07, 6.45) is 0.631. The van der Waals surface area contributed by atoms with Crippen molar-refractivity contribution in [3.8, 4) is 11.5 Å². The minimum Gasteiger partial charge on any atom is -0.493 e. The van der Waals surface area contributed by atoms with Crippen molar-refractivity contribution < 1.29 is 19.1 Å². The molecule has 140 valence electrons. The summed E-state index contributed by atoms with van der Waals surface area (Å²) < 4.78 is 10.5. The van der Waals surface area contributed by atoms with Gasteiger partial charge in [-0.2, -0.15) is 0 Å². The highest BCUT2D eigenvalue weighted by molar-refractivity contribution is 5.87. The van der Waals surface area contributed by atoms with Gasteiger partial charge in [-0.05, 0) is 37.0 Å². The van der Waals surface area contributed by atoms with Gasteiger partial charge in [-0.3, -0.25) is 9.59 Å². The number of carbonyl (C=O) groups excluding carboxylic acids is 2. The highest BCUT2D eigenvalue weighted by Crippen LogP contribution is 2.27. The lowest BCUT2D eigenvalue weighted by atomic mass is 10.1. The number of hydrogen-bond donors (Lipinski definition) is 3. The lowest BCUT2D eigenvalue weighted by Gasteiger charge is -2.17. The van der Waals surface area contributed by atoms with Crippen LogP contribution in [0.5, 0.6) is 11.5 Å². The van der Waals surface area contributed by atoms with E-state index in [0.29, 0.717) is 17.9 Å². The van der Waals surface area contributed by atoms with Crippen molar-refractivity contribution in [2.24, 2.45) is 11.7 Å². The zero-order chi connectivity index (χ0) is 19.0. The van der Waals surface area contributed by atoms with Crippen molar-refractivity contribution >= 4 is 11.8 Å². The van der Waals surface area contributed by atoms with Crippen LogP contribution >= 0.6 is 0 Å². The fourth-order valence-corrected chi connectivity index (χ4v) is 2.33. The molecule has 0 saturated carbocycles. The molecule has 1 unspecified atom stereocenters. The molecule has 0 radical (unpaired) electrons. The summed E-state index contributed by atoms with van der Waals surface area (Å²) in [7, 11) is 3.16. The van der Waals surface area contributed by atoms with E-state index in [1.165, 1.54) is 0 Å². The number of carbonyl (C=O) groups is 2. The van der Waals surface area contributed by atoms with E-state index in [1.807, 2.05) is 39.0 Å². The third-order valence-corrected chi connectivity index (χ3v) is 3.84. The Kier molecular flexibility index (Phi) is 8.21. The molecular formula is C18H29N3O4.